The maximum absolute atomic E-state index is 12.6. The summed E-state index contributed by atoms with van der Waals surface area (Å²) in [5.41, 5.74) is 3.38. The normalized spacial score (nSPS) is 13.1. The highest BCUT2D eigenvalue weighted by Gasteiger charge is 2.21. The SMILES string of the molecule is O=C(Nc1nc(CC(=O)N2CCc3ccccc3C2)cs1)c1cnccn1. The topological polar surface area (TPSA) is 88.1 Å². The standard InChI is InChI=1S/C19H17N5O2S/c25-17(24-8-5-13-3-1-2-4-14(13)11-24)9-15-12-27-19(22-15)23-18(26)16-10-20-6-7-21-16/h1-4,6-7,10,12H,5,8-9,11H2,(H,22,23,26). The molecule has 0 unspecified atom stereocenters. The number of rotatable bonds is 4. The van der Waals surface area contributed by atoms with Gasteiger partial charge in [-0.05, 0) is 17.5 Å². The van der Waals surface area contributed by atoms with Crippen LogP contribution in [0.1, 0.15) is 27.3 Å². The lowest BCUT2D eigenvalue weighted by Gasteiger charge is -2.28. The quantitative estimate of drug-likeness (QED) is 0.752. The van der Waals surface area contributed by atoms with E-state index < -0.39 is 0 Å². The first-order valence-electron chi connectivity index (χ1n) is 8.55. The summed E-state index contributed by atoms with van der Waals surface area (Å²) in [6.07, 6.45) is 5.44. The average Bonchev–Trinajstić information content (AvgIpc) is 3.15. The summed E-state index contributed by atoms with van der Waals surface area (Å²) in [6.45, 7) is 1.35. The van der Waals surface area contributed by atoms with Crippen molar-refractivity contribution in [1.29, 1.82) is 0 Å². The molecule has 27 heavy (non-hydrogen) atoms. The highest BCUT2D eigenvalue weighted by atomic mass is 32.1. The van der Waals surface area contributed by atoms with Crippen LogP contribution in [0.15, 0.2) is 48.2 Å². The monoisotopic (exact) mass is 379 g/mol. The zero-order valence-corrected chi connectivity index (χ0v) is 15.3. The molecule has 0 atom stereocenters. The maximum atomic E-state index is 12.6. The number of thiazole rings is 1. The summed E-state index contributed by atoms with van der Waals surface area (Å²) >= 11 is 1.29. The van der Waals surface area contributed by atoms with E-state index in [4.69, 9.17) is 0 Å². The molecule has 1 aliphatic heterocycles. The molecule has 136 valence electrons. The molecule has 0 bridgehead atoms. The smallest absolute Gasteiger partial charge is 0.277 e. The van der Waals surface area contributed by atoms with Gasteiger partial charge in [-0.15, -0.1) is 11.3 Å². The lowest BCUT2D eigenvalue weighted by Crippen LogP contribution is -2.36. The molecule has 8 heteroatoms. The Bertz CT molecular complexity index is 973. The van der Waals surface area contributed by atoms with Gasteiger partial charge >= 0.3 is 0 Å². The van der Waals surface area contributed by atoms with Crippen LogP contribution in [0, 0.1) is 0 Å². The molecule has 0 saturated carbocycles. The van der Waals surface area contributed by atoms with E-state index in [1.165, 1.54) is 41.1 Å². The number of benzene rings is 1. The van der Waals surface area contributed by atoms with Crippen LogP contribution in [0.5, 0.6) is 0 Å². The van der Waals surface area contributed by atoms with Gasteiger partial charge in [-0.1, -0.05) is 24.3 Å². The van der Waals surface area contributed by atoms with Gasteiger partial charge in [0.25, 0.3) is 5.91 Å². The molecule has 1 aliphatic rings. The molecule has 0 aliphatic carbocycles. The summed E-state index contributed by atoms with van der Waals surface area (Å²) < 4.78 is 0. The molecule has 2 amide bonds. The number of nitrogens with one attached hydrogen (secondary N) is 1. The molecule has 0 spiro atoms. The first kappa shape index (κ1) is 17.3. The Balaban J connectivity index is 1.37. The van der Waals surface area contributed by atoms with Crippen LogP contribution >= 0.6 is 11.3 Å². The van der Waals surface area contributed by atoms with Gasteiger partial charge in [-0.3, -0.25) is 19.9 Å². The van der Waals surface area contributed by atoms with Crippen molar-refractivity contribution in [1.82, 2.24) is 19.9 Å². The van der Waals surface area contributed by atoms with Crippen LogP contribution in [0.4, 0.5) is 5.13 Å². The fraction of sp³-hybridized carbons (Fsp3) is 0.211. The summed E-state index contributed by atoms with van der Waals surface area (Å²) in [5.74, 6) is -0.329. The van der Waals surface area contributed by atoms with Crippen LogP contribution in [0.2, 0.25) is 0 Å². The first-order chi connectivity index (χ1) is 13.2. The molecular formula is C19H17N5O2S. The molecule has 0 saturated heterocycles. The van der Waals surface area contributed by atoms with Crippen molar-refractivity contribution >= 4 is 28.3 Å². The fourth-order valence-corrected chi connectivity index (χ4v) is 3.70. The van der Waals surface area contributed by atoms with Crippen LogP contribution in [0.3, 0.4) is 0 Å². The van der Waals surface area contributed by atoms with Crippen molar-refractivity contribution in [2.45, 2.75) is 19.4 Å². The van der Waals surface area contributed by atoms with Crippen LogP contribution < -0.4 is 5.32 Å². The molecule has 1 N–H and O–H groups in total. The van der Waals surface area contributed by atoms with Crippen molar-refractivity contribution in [2.24, 2.45) is 0 Å². The summed E-state index contributed by atoms with van der Waals surface area (Å²) in [7, 11) is 0. The van der Waals surface area contributed by atoms with Gasteiger partial charge in [0, 0.05) is 30.9 Å². The second kappa shape index (κ2) is 7.63. The highest BCUT2D eigenvalue weighted by Crippen LogP contribution is 2.21. The number of amides is 2. The lowest BCUT2D eigenvalue weighted by molar-refractivity contribution is -0.131. The second-order valence-corrected chi connectivity index (χ2v) is 7.06. The average molecular weight is 379 g/mol. The third-order valence-corrected chi connectivity index (χ3v) is 5.19. The third-order valence-electron chi connectivity index (χ3n) is 4.38. The van der Waals surface area contributed by atoms with Gasteiger partial charge in [0.2, 0.25) is 5.91 Å². The number of hydrogen-bond donors (Lipinski definition) is 1. The number of hydrogen-bond acceptors (Lipinski definition) is 6. The van der Waals surface area contributed by atoms with Gasteiger partial charge in [0.1, 0.15) is 5.69 Å². The van der Waals surface area contributed by atoms with E-state index in [0.29, 0.717) is 17.4 Å². The van der Waals surface area contributed by atoms with Crippen LogP contribution in [-0.4, -0.2) is 38.2 Å². The maximum Gasteiger partial charge on any atom is 0.277 e. The van der Waals surface area contributed by atoms with E-state index >= 15 is 0 Å². The number of fused-ring (bicyclic) bond motifs is 1. The van der Waals surface area contributed by atoms with Crippen molar-refractivity contribution in [3.05, 3.63) is 70.8 Å². The van der Waals surface area contributed by atoms with Gasteiger partial charge in [-0.25, -0.2) is 9.97 Å². The minimum Gasteiger partial charge on any atom is -0.338 e. The van der Waals surface area contributed by atoms with Crippen molar-refractivity contribution < 1.29 is 9.59 Å². The Morgan fingerprint density at radius 1 is 1.19 bits per heavy atom. The predicted molar refractivity (Wildman–Crippen MR) is 101 cm³/mol. The number of anilines is 1. The predicted octanol–water partition coefficient (Wildman–Crippen LogP) is 2.31. The van der Waals surface area contributed by atoms with Gasteiger partial charge < -0.3 is 4.90 Å². The van der Waals surface area contributed by atoms with E-state index in [-0.39, 0.29) is 23.9 Å². The molecule has 1 aromatic carbocycles. The Hall–Kier alpha value is -3.13. The van der Waals surface area contributed by atoms with Gasteiger partial charge in [0.15, 0.2) is 5.13 Å². The molecule has 0 fully saturated rings. The number of carbonyl (C=O) groups excluding carboxylic acids is 2. The summed E-state index contributed by atoms with van der Waals surface area (Å²) in [4.78, 5) is 38.7. The molecular weight excluding hydrogens is 362 g/mol. The van der Waals surface area contributed by atoms with E-state index in [1.54, 1.807) is 5.38 Å². The molecule has 3 aromatic rings. The molecule has 2 aromatic heterocycles. The molecule has 3 heterocycles. The zero-order valence-electron chi connectivity index (χ0n) is 14.5. The number of aromatic nitrogens is 3. The molecule has 4 rings (SSSR count). The summed E-state index contributed by atoms with van der Waals surface area (Å²) in [5, 5.41) is 4.92. The van der Waals surface area contributed by atoms with Crippen LogP contribution in [-0.2, 0) is 24.2 Å². The first-order valence-corrected chi connectivity index (χ1v) is 9.43. The van der Waals surface area contributed by atoms with E-state index in [9.17, 15) is 9.59 Å². The van der Waals surface area contributed by atoms with E-state index in [2.05, 4.69) is 32.4 Å². The van der Waals surface area contributed by atoms with Crippen molar-refractivity contribution in [2.75, 3.05) is 11.9 Å². The third kappa shape index (κ3) is 4.01. The fourth-order valence-electron chi connectivity index (χ4n) is 3.00. The number of carbonyl (C=O) groups is 2. The van der Waals surface area contributed by atoms with E-state index in [0.717, 1.165) is 13.0 Å². The second-order valence-electron chi connectivity index (χ2n) is 6.20. The zero-order chi connectivity index (χ0) is 18.6. The van der Waals surface area contributed by atoms with Crippen LogP contribution in [0.25, 0.3) is 0 Å². The Morgan fingerprint density at radius 3 is 2.85 bits per heavy atom. The van der Waals surface area contributed by atoms with Gasteiger partial charge in [-0.2, -0.15) is 0 Å². The van der Waals surface area contributed by atoms with Crippen molar-refractivity contribution in [3.8, 4) is 0 Å². The number of nitrogens with zero attached hydrogens (tertiary/aromatic N) is 4. The Kier molecular flexibility index (Phi) is 4.88. The summed E-state index contributed by atoms with van der Waals surface area (Å²) in [6, 6.07) is 8.21. The van der Waals surface area contributed by atoms with Crippen molar-refractivity contribution in [3.63, 3.8) is 0 Å². The Labute approximate surface area is 160 Å². The molecule has 7 nitrogen and oxygen atoms in total. The Morgan fingerprint density at radius 2 is 2.04 bits per heavy atom. The van der Waals surface area contributed by atoms with Gasteiger partial charge in [0.05, 0.1) is 18.3 Å². The van der Waals surface area contributed by atoms with E-state index in [1.807, 2.05) is 17.0 Å². The largest absolute Gasteiger partial charge is 0.338 e. The lowest BCUT2D eigenvalue weighted by atomic mass is 10.00. The minimum absolute atomic E-state index is 0.0432. The molecule has 0 radical (unpaired) electrons. The highest BCUT2D eigenvalue weighted by molar-refractivity contribution is 7.14. The minimum atomic E-state index is -0.372.